The Labute approximate surface area is 139 Å². The number of amides is 1. The summed E-state index contributed by atoms with van der Waals surface area (Å²) in [7, 11) is 0. The molecule has 0 bridgehead atoms. The number of nitrogens with zero attached hydrogens (tertiary/aromatic N) is 1. The zero-order chi connectivity index (χ0) is 16.2. The van der Waals surface area contributed by atoms with Gasteiger partial charge >= 0.3 is 0 Å². The molecule has 0 radical (unpaired) electrons. The van der Waals surface area contributed by atoms with E-state index >= 15 is 0 Å². The maximum Gasteiger partial charge on any atom is 0.227 e. The molecule has 5 heteroatoms. The molecule has 118 valence electrons. The van der Waals surface area contributed by atoms with Gasteiger partial charge in [0.25, 0.3) is 0 Å². The van der Waals surface area contributed by atoms with Crippen molar-refractivity contribution in [3.05, 3.63) is 53.0 Å². The van der Waals surface area contributed by atoms with E-state index < -0.39 is 0 Å². The highest BCUT2D eigenvalue weighted by Gasteiger charge is 2.06. The average Bonchev–Trinajstić information content (AvgIpc) is 2.88. The van der Waals surface area contributed by atoms with E-state index in [1.807, 2.05) is 56.3 Å². The SMILES string of the molecule is Cc1ccc(OCCC(=O)Nc2ccc3nc(C)sc3c2)cc1. The van der Waals surface area contributed by atoms with Gasteiger partial charge in [-0.05, 0) is 44.2 Å². The molecule has 3 aromatic rings. The number of rotatable bonds is 5. The molecule has 0 spiro atoms. The molecule has 2 aromatic carbocycles. The van der Waals surface area contributed by atoms with E-state index in [0.29, 0.717) is 13.0 Å². The Bertz CT molecular complexity index is 825. The normalized spacial score (nSPS) is 10.7. The summed E-state index contributed by atoms with van der Waals surface area (Å²) >= 11 is 1.62. The molecule has 0 saturated carbocycles. The number of anilines is 1. The summed E-state index contributed by atoms with van der Waals surface area (Å²) in [6, 6.07) is 13.6. The maximum atomic E-state index is 12.0. The molecule has 0 fully saturated rings. The van der Waals surface area contributed by atoms with Crippen molar-refractivity contribution in [2.24, 2.45) is 0 Å². The molecule has 1 amide bonds. The first-order chi connectivity index (χ1) is 11.1. The Morgan fingerprint density at radius 1 is 1.17 bits per heavy atom. The second kappa shape index (κ2) is 6.79. The number of hydrogen-bond acceptors (Lipinski definition) is 4. The molecule has 0 aliphatic rings. The second-order valence-electron chi connectivity index (χ2n) is 5.38. The number of ether oxygens (including phenoxy) is 1. The summed E-state index contributed by atoms with van der Waals surface area (Å²) in [5.74, 6) is 0.725. The molecular weight excluding hydrogens is 308 g/mol. The molecule has 3 rings (SSSR count). The van der Waals surface area contributed by atoms with Crippen LogP contribution in [0.15, 0.2) is 42.5 Å². The lowest BCUT2D eigenvalue weighted by Gasteiger charge is -2.07. The smallest absolute Gasteiger partial charge is 0.227 e. The molecule has 1 N–H and O–H groups in total. The van der Waals surface area contributed by atoms with Crippen LogP contribution in [0.3, 0.4) is 0 Å². The molecule has 1 aromatic heterocycles. The highest BCUT2D eigenvalue weighted by Crippen LogP contribution is 2.24. The van der Waals surface area contributed by atoms with Crippen LogP contribution in [0.1, 0.15) is 17.0 Å². The zero-order valence-corrected chi connectivity index (χ0v) is 13.9. The van der Waals surface area contributed by atoms with E-state index in [2.05, 4.69) is 10.3 Å². The number of fused-ring (bicyclic) bond motifs is 1. The maximum absolute atomic E-state index is 12.0. The van der Waals surface area contributed by atoms with Crippen LogP contribution in [-0.4, -0.2) is 17.5 Å². The third-order valence-corrected chi connectivity index (χ3v) is 4.33. The number of aryl methyl sites for hydroxylation is 2. The molecule has 0 unspecified atom stereocenters. The van der Waals surface area contributed by atoms with Gasteiger partial charge in [-0.3, -0.25) is 4.79 Å². The molecule has 1 heterocycles. The number of benzene rings is 2. The molecule has 0 saturated heterocycles. The third kappa shape index (κ3) is 4.07. The van der Waals surface area contributed by atoms with Crippen molar-refractivity contribution in [3.8, 4) is 5.75 Å². The predicted octanol–water partition coefficient (Wildman–Crippen LogP) is 4.32. The van der Waals surface area contributed by atoms with Gasteiger partial charge in [-0.1, -0.05) is 17.7 Å². The average molecular weight is 326 g/mol. The summed E-state index contributed by atoms with van der Waals surface area (Å²) in [6.07, 6.45) is 0.313. The first kappa shape index (κ1) is 15.5. The Morgan fingerprint density at radius 3 is 2.74 bits per heavy atom. The highest BCUT2D eigenvalue weighted by atomic mass is 32.1. The van der Waals surface area contributed by atoms with E-state index in [9.17, 15) is 4.79 Å². The molecule has 23 heavy (non-hydrogen) atoms. The van der Waals surface area contributed by atoms with E-state index in [0.717, 1.165) is 26.7 Å². The Kier molecular flexibility index (Phi) is 4.57. The quantitative estimate of drug-likeness (QED) is 0.759. The van der Waals surface area contributed by atoms with Crippen LogP contribution in [0.4, 0.5) is 5.69 Å². The third-order valence-electron chi connectivity index (χ3n) is 3.40. The molecule has 0 aliphatic heterocycles. The summed E-state index contributed by atoms with van der Waals surface area (Å²) in [4.78, 5) is 16.4. The van der Waals surface area contributed by atoms with Crippen LogP contribution >= 0.6 is 11.3 Å². The van der Waals surface area contributed by atoms with E-state index in [4.69, 9.17) is 4.74 Å². The van der Waals surface area contributed by atoms with Crippen molar-refractivity contribution in [1.82, 2.24) is 4.98 Å². The second-order valence-corrected chi connectivity index (χ2v) is 6.61. The summed E-state index contributed by atoms with van der Waals surface area (Å²) in [5, 5.41) is 3.92. The number of aromatic nitrogens is 1. The zero-order valence-electron chi connectivity index (χ0n) is 13.1. The lowest BCUT2D eigenvalue weighted by molar-refractivity contribution is -0.116. The van der Waals surface area contributed by atoms with Crippen LogP contribution < -0.4 is 10.1 Å². The van der Waals surface area contributed by atoms with Crippen molar-refractivity contribution in [2.75, 3.05) is 11.9 Å². The lowest BCUT2D eigenvalue weighted by Crippen LogP contribution is -2.15. The van der Waals surface area contributed by atoms with Gasteiger partial charge in [-0.15, -0.1) is 11.3 Å². The number of carbonyl (C=O) groups excluding carboxylic acids is 1. The number of hydrogen-bond donors (Lipinski definition) is 1. The van der Waals surface area contributed by atoms with Gasteiger partial charge in [0, 0.05) is 5.69 Å². The predicted molar refractivity (Wildman–Crippen MR) is 94.3 cm³/mol. The fraction of sp³-hybridized carbons (Fsp3) is 0.222. The fourth-order valence-corrected chi connectivity index (χ4v) is 3.10. The largest absolute Gasteiger partial charge is 0.493 e. The number of carbonyl (C=O) groups is 1. The number of nitrogens with one attached hydrogen (secondary N) is 1. The Morgan fingerprint density at radius 2 is 1.96 bits per heavy atom. The van der Waals surface area contributed by atoms with E-state index in [1.54, 1.807) is 11.3 Å². The topological polar surface area (TPSA) is 51.2 Å². The molecular formula is C18H18N2O2S. The van der Waals surface area contributed by atoms with Crippen molar-refractivity contribution in [3.63, 3.8) is 0 Å². The Hall–Kier alpha value is -2.40. The molecule has 0 atom stereocenters. The summed E-state index contributed by atoms with van der Waals surface area (Å²) in [6.45, 7) is 4.36. The monoisotopic (exact) mass is 326 g/mol. The fourth-order valence-electron chi connectivity index (χ4n) is 2.24. The standard InChI is InChI=1S/C18H18N2O2S/c1-12-3-6-15(7-4-12)22-10-9-18(21)20-14-5-8-16-17(11-14)23-13(2)19-16/h3-8,11H,9-10H2,1-2H3,(H,20,21). The highest BCUT2D eigenvalue weighted by molar-refractivity contribution is 7.18. The van der Waals surface area contributed by atoms with Crippen molar-refractivity contribution in [1.29, 1.82) is 0 Å². The van der Waals surface area contributed by atoms with E-state index in [-0.39, 0.29) is 5.91 Å². The van der Waals surface area contributed by atoms with Crippen molar-refractivity contribution in [2.45, 2.75) is 20.3 Å². The van der Waals surface area contributed by atoms with Crippen LogP contribution in [0.5, 0.6) is 5.75 Å². The van der Waals surface area contributed by atoms with Gasteiger partial charge in [0.1, 0.15) is 5.75 Å². The van der Waals surface area contributed by atoms with Crippen LogP contribution in [0.25, 0.3) is 10.2 Å². The minimum Gasteiger partial charge on any atom is -0.493 e. The van der Waals surface area contributed by atoms with Crippen molar-refractivity contribution < 1.29 is 9.53 Å². The van der Waals surface area contributed by atoms with Gasteiger partial charge in [0.05, 0.1) is 28.3 Å². The molecule has 0 aliphatic carbocycles. The lowest BCUT2D eigenvalue weighted by atomic mass is 10.2. The Balaban J connectivity index is 1.52. The molecule has 4 nitrogen and oxygen atoms in total. The number of thiazole rings is 1. The minimum atomic E-state index is -0.0577. The van der Waals surface area contributed by atoms with Gasteiger partial charge in [0.2, 0.25) is 5.91 Å². The first-order valence-electron chi connectivity index (χ1n) is 7.47. The first-order valence-corrected chi connectivity index (χ1v) is 8.28. The van der Waals surface area contributed by atoms with Crippen LogP contribution in [0, 0.1) is 13.8 Å². The van der Waals surface area contributed by atoms with Gasteiger partial charge in [0.15, 0.2) is 0 Å². The van der Waals surface area contributed by atoms with E-state index in [1.165, 1.54) is 5.56 Å². The van der Waals surface area contributed by atoms with Crippen molar-refractivity contribution >= 4 is 33.1 Å². The minimum absolute atomic E-state index is 0.0577. The van der Waals surface area contributed by atoms with Crippen LogP contribution in [0.2, 0.25) is 0 Å². The van der Waals surface area contributed by atoms with Crippen LogP contribution in [-0.2, 0) is 4.79 Å². The van der Waals surface area contributed by atoms with Gasteiger partial charge in [-0.25, -0.2) is 4.98 Å². The summed E-state index contributed by atoms with van der Waals surface area (Å²) < 4.78 is 6.65. The van der Waals surface area contributed by atoms with Gasteiger partial charge in [-0.2, -0.15) is 0 Å². The van der Waals surface area contributed by atoms with Gasteiger partial charge < -0.3 is 10.1 Å². The summed E-state index contributed by atoms with van der Waals surface area (Å²) in [5.41, 5.74) is 2.94.